The Morgan fingerprint density at radius 2 is 0.875 bits per heavy atom. The summed E-state index contributed by atoms with van der Waals surface area (Å²) in [5, 5.41) is 3.66. The summed E-state index contributed by atoms with van der Waals surface area (Å²) in [7, 11) is -2.41. The Morgan fingerprint density at radius 3 is 1.22 bits per heavy atom. The normalized spacial score (nSPS) is 11.1. The average Bonchev–Trinajstić information content (AvgIpc) is 2.89. The molecule has 4 aromatic carbocycles. The van der Waals surface area contributed by atoms with Crippen molar-refractivity contribution in [3.63, 3.8) is 0 Å². The SMILES string of the molecule is CCC(CC)=C(O[P+](c1ccccc1)(c1ccccc1)c1ccccc1)c1ccccc1. The molecule has 4 aromatic rings. The van der Waals surface area contributed by atoms with Gasteiger partial charge in [-0.05, 0) is 54.8 Å². The Morgan fingerprint density at radius 1 is 0.531 bits per heavy atom. The molecule has 0 aromatic heterocycles. The van der Waals surface area contributed by atoms with Gasteiger partial charge in [0.2, 0.25) is 0 Å². The monoisotopic (exact) mass is 437 g/mol. The highest BCUT2D eigenvalue weighted by Crippen LogP contribution is 2.59. The van der Waals surface area contributed by atoms with E-state index >= 15 is 0 Å². The maximum atomic E-state index is 7.42. The lowest BCUT2D eigenvalue weighted by Crippen LogP contribution is -2.32. The summed E-state index contributed by atoms with van der Waals surface area (Å²) in [5.74, 6) is 1.01. The Hall–Kier alpha value is -3.15. The van der Waals surface area contributed by atoms with Crippen molar-refractivity contribution in [1.82, 2.24) is 0 Å². The van der Waals surface area contributed by atoms with Crippen molar-refractivity contribution in [2.24, 2.45) is 0 Å². The van der Waals surface area contributed by atoms with E-state index in [0.717, 1.165) is 24.2 Å². The van der Waals surface area contributed by atoms with Gasteiger partial charge in [-0.15, -0.1) is 0 Å². The van der Waals surface area contributed by atoms with Crippen LogP contribution in [-0.2, 0) is 4.52 Å². The first kappa shape index (κ1) is 22.1. The highest BCUT2D eigenvalue weighted by Gasteiger charge is 2.50. The molecule has 0 amide bonds. The fourth-order valence-corrected chi connectivity index (χ4v) is 7.63. The second kappa shape index (κ2) is 10.4. The van der Waals surface area contributed by atoms with Crippen LogP contribution in [-0.4, -0.2) is 0 Å². The minimum absolute atomic E-state index is 0.957. The average molecular weight is 438 g/mol. The van der Waals surface area contributed by atoms with Crippen molar-refractivity contribution in [2.75, 3.05) is 0 Å². The molecule has 0 bridgehead atoms. The standard InChI is InChI=1S/C30H30OP/c1-3-25(4-2)30(26-17-9-5-10-18-26)31-32(27-19-11-6-12-20-27,28-21-13-7-14-22-28)29-23-15-8-16-24-29/h5-24H,3-4H2,1-2H3/q+1. The van der Waals surface area contributed by atoms with E-state index < -0.39 is 7.49 Å². The topological polar surface area (TPSA) is 9.23 Å². The van der Waals surface area contributed by atoms with Gasteiger partial charge in [-0.2, -0.15) is 0 Å². The molecule has 0 N–H and O–H groups in total. The summed E-state index contributed by atoms with van der Waals surface area (Å²) < 4.78 is 7.42. The van der Waals surface area contributed by atoms with Crippen molar-refractivity contribution in [3.8, 4) is 0 Å². The van der Waals surface area contributed by atoms with Crippen LogP contribution in [0, 0.1) is 0 Å². The number of allylic oxidation sites excluding steroid dienone is 1. The third kappa shape index (κ3) is 4.40. The summed E-state index contributed by atoms with van der Waals surface area (Å²) in [6, 6.07) is 42.8. The number of hydrogen-bond donors (Lipinski definition) is 0. The van der Waals surface area contributed by atoms with Crippen LogP contribution in [0.4, 0.5) is 0 Å². The molecule has 1 nitrogen and oxygen atoms in total. The van der Waals surface area contributed by atoms with Gasteiger partial charge in [0.05, 0.1) is 0 Å². The van der Waals surface area contributed by atoms with Gasteiger partial charge < -0.3 is 4.52 Å². The zero-order chi connectivity index (χ0) is 22.2. The van der Waals surface area contributed by atoms with Crippen molar-refractivity contribution < 1.29 is 4.52 Å². The second-order valence-electron chi connectivity index (χ2n) is 7.71. The second-order valence-corrected chi connectivity index (χ2v) is 10.7. The Balaban J connectivity index is 2.04. The van der Waals surface area contributed by atoms with E-state index in [1.807, 2.05) is 0 Å². The first-order chi connectivity index (χ1) is 15.8. The smallest absolute Gasteiger partial charge is 0.287 e. The van der Waals surface area contributed by atoms with Crippen molar-refractivity contribution >= 4 is 29.2 Å². The summed E-state index contributed by atoms with van der Waals surface area (Å²) in [6.45, 7) is 4.44. The zero-order valence-corrected chi connectivity index (χ0v) is 19.7. The van der Waals surface area contributed by atoms with Crippen LogP contribution in [0.25, 0.3) is 5.76 Å². The molecule has 0 saturated carbocycles. The lowest BCUT2D eigenvalue weighted by atomic mass is 10.0. The van der Waals surface area contributed by atoms with Crippen LogP contribution in [0.3, 0.4) is 0 Å². The van der Waals surface area contributed by atoms with E-state index in [1.165, 1.54) is 21.5 Å². The fraction of sp³-hybridized carbons (Fsp3) is 0.133. The quantitative estimate of drug-likeness (QED) is 0.210. The number of benzene rings is 4. The van der Waals surface area contributed by atoms with Gasteiger partial charge in [-0.1, -0.05) is 98.8 Å². The van der Waals surface area contributed by atoms with Gasteiger partial charge in [-0.25, -0.2) is 0 Å². The minimum Gasteiger partial charge on any atom is -0.334 e. The van der Waals surface area contributed by atoms with E-state index in [0.29, 0.717) is 0 Å². The Kier molecular flexibility index (Phi) is 7.20. The van der Waals surface area contributed by atoms with Gasteiger partial charge in [0.25, 0.3) is 7.49 Å². The Bertz CT molecular complexity index is 1030. The molecule has 0 saturated heterocycles. The largest absolute Gasteiger partial charge is 0.334 e. The van der Waals surface area contributed by atoms with Crippen LogP contribution in [0.2, 0.25) is 0 Å². The maximum Gasteiger partial charge on any atom is 0.287 e. The first-order valence-electron chi connectivity index (χ1n) is 11.3. The molecule has 0 aliphatic heterocycles. The van der Waals surface area contributed by atoms with Gasteiger partial charge in [0.15, 0.2) is 5.76 Å². The third-order valence-corrected chi connectivity index (χ3v) is 9.33. The molecule has 160 valence electrons. The molecule has 2 heteroatoms. The highest BCUT2D eigenvalue weighted by molar-refractivity contribution is 7.92. The van der Waals surface area contributed by atoms with Crippen molar-refractivity contribution in [3.05, 3.63) is 132 Å². The van der Waals surface area contributed by atoms with Gasteiger partial charge >= 0.3 is 0 Å². The maximum absolute atomic E-state index is 7.42. The van der Waals surface area contributed by atoms with Crippen molar-refractivity contribution in [1.29, 1.82) is 0 Å². The number of rotatable bonds is 8. The van der Waals surface area contributed by atoms with E-state index in [4.69, 9.17) is 4.52 Å². The summed E-state index contributed by atoms with van der Waals surface area (Å²) in [6.07, 6.45) is 1.91. The molecule has 0 atom stereocenters. The summed E-state index contributed by atoms with van der Waals surface area (Å²) >= 11 is 0. The lowest BCUT2D eigenvalue weighted by molar-refractivity contribution is 0.565. The van der Waals surface area contributed by atoms with Crippen LogP contribution < -0.4 is 15.9 Å². The predicted molar refractivity (Wildman–Crippen MR) is 140 cm³/mol. The van der Waals surface area contributed by atoms with E-state index in [9.17, 15) is 0 Å². The van der Waals surface area contributed by atoms with E-state index in [-0.39, 0.29) is 0 Å². The van der Waals surface area contributed by atoms with Crippen LogP contribution in [0.5, 0.6) is 0 Å². The number of hydrogen-bond acceptors (Lipinski definition) is 1. The fourth-order valence-electron chi connectivity index (χ4n) is 4.14. The van der Waals surface area contributed by atoms with E-state index in [1.54, 1.807) is 0 Å². The molecule has 32 heavy (non-hydrogen) atoms. The molecule has 0 spiro atoms. The molecule has 0 aliphatic carbocycles. The summed E-state index contributed by atoms with van der Waals surface area (Å²) in [4.78, 5) is 0. The van der Waals surface area contributed by atoms with E-state index in [2.05, 4.69) is 135 Å². The van der Waals surface area contributed by atoms with Crippen LogP contribution in [0.1, 0.15) is 32.3 Å². The van der Waals surface area contributed by atoms with Crippen LogP contribution >= 0.6 is 7.49 Å². The van der Waals surface area contributed by atoms with Gasteiger partial charge in [-0.3, -0.25) is 0 Å². The summed E-state index contributed by atoms with van der Waals surface area (Å²) in [5.41, 5.74) is 2.47. The molecule has 0 fully saturated rings. The van der Waals surface area contributed by atoms with Gasteiger partial charge in [0, 0.05) is 5.56 Å². The molecule has 0 heterocycles. The molecule has 0 unspecified atom stereocenters. The van der Waals surface area contributed by atoms with Crippen molar-refractivity contribution in [2.45, 2.75) is 26.7 Å². The van der Waals surface area contributed by atoms with Gasteiger partial charge in [0.1, 0.15) is 15.9 Å². The molecule has 0 aliphatic rings. The highest BCUT2D eigenvalue weighted by atomic mass is 31.2. The predicted octanol–water partition coefficient (Wildman–Crippen LogP) is 7.14. The molecule has 0 radical (unpaired) electrons. The lowest BCUT2D eigenvalue weighted by Gasteiger charge is -2.28. The zero-order valence-electron chi connectivity index (χ0n) is 18.8. The third-order valence-electron chi connectivity index (χ3n) is 5.80. The minimum atomic E-state index is -2.41. The molecule has 4 rings (SSSR count). The molecular formula is C30H30OP+. The Labute approximate surface area is 192 Å². The molecular weight excluding hydrogens is 407 g/mol. The first-order valence-corrected chi connectivity index (χ1v) is 13.0. The van der Waals surface area contributed by atoms with Crippen LogP contribution in [0.15, 0.2) is 127 Å².